The fourth-order valence-electron chi connectivity index (χ4n) is 6.53. The molecule has 51 heavy (non-hydrogen) atoms. The van der Waals surface area contributed by atoms with Gasteiger partial charge in [0.05, 0.1) is 5.58 Å². The molecule has 0 atom stereocenters. The van der Waals surface area contributed by atoms with E-state index in [4.69, 9.17) is 9.40 Å². The Kier molecular flexibility index (Phi) is 10.1. The Morgan fingerprint density at radius 1 is 0.627 bits per heavy atom. The van der Waals surface area contributed by atoms with Gasteiger partial charge >= 0.3 is 0 Å². The van der Waals surface area contributed by atoms with Gasteiger partial charge in [0.25, 0.3) is 0 Å². The van der Waals surface area contributed by atoms with Crippen LogP contribution in [-0.2, 0) is 25.5 Å². The predicted molar refractivity (Wildman–Crippen MR) is 207 cm³/mol. The van der Waals surface area contributed by atoms with Crippen molar-refractivity contribution < 1.29 is 24.5 Å². The molecule has 257 valence electrons. The average Bonchev–Trinajstić information content (AvgIpc) is 3.46. The van der Waals surface area contributed by atoms with Crippen LogP contribution in [0.25, 0.3) is 66.5 Å². The van der Waals surface area contributed by atoms with E-state index in [0.29, 0.717) is 5.71 Å². The molecule has 1 radical (unpaired) electrons. The number of rotatable bonds is 3. The van der Waals surface area contributed by atoms with Crippen LogP contribution in [0.1, 0.15) is 54.3 Å². The number of pyridine rings is 3. The summed E-state index contributed by atoms with van der Waals surface area (Å²) >= 11 is 0. The largest absolute Gasteiger partial charge is 0.486 e. The quantitative estimate of drug-likeness (QED) is 0.166. The number of aromatic nitrogens is 3. The second-order valence-electron chi connectivity index (χ2n) is 14.4. The maximum absolute atomic E-state index is 6.25. The third-order valence-electron chi connectivity index (χ3n) is 9.19. The second-order valence-corrected chi connectivity index (χ2v) is 14.4. The normalized spacial score (nSPS) is 11.4. The summed E-state index contributed by atoms with van der Waals surface area (Å²) in [6, 6.07) is 38.3. The maximum Gasteiger partial charge on any atom is 0.216 e. The van der Waals surface area contributed by atoms with E-state index >= 15 is 0 Å². The number of furan rings is 1. The van der Waals surface area contributed by atoms with Gasteiger partial charge in [0, 0.05) is 43.6 Å². The molecular weight excluding hydrogens is 803 g/mol. The molecule has 0 amide bonds. The molecule has 0 aliphatic carbocycles. The number of nitrogens with zero attached hydrogens (tertiary/aromatic N) is 3. The van der Waals surface area contributed by atoms with Gasteiger partial charge in [-0.1, -0.05) is 92.7 Å². The molecule has 0 aliphatic heterocycles. The fraction of sp³-hybridized carbons (Fsp3) is 0.196. The van der Waals surface area contributed by atoms with Gasteiger partial charge in [-0.05, 0) is 95.2 Å². The molecule has 4 heterocycles. The zero-order valence-corrected chi connectivity index (χ0v) is 32.8. The maximum atomic E-state index is 6.25. The first-order valence-corrected chi connectivity index (χ1v) is 17.1. The van der Waals surface area contributed by atoms with Crippen LogP contribution in [0.15, 0.2) is 108 Å². The first-order chi connectivity index (χ1) is 24.0. The van der Waals surface area contributed by atoms with E-state index in [-0.39, 0.29) is 25.5 Å². The molecule has 5 heteroatoms. The topological polar surface area (TPSA) is 51.8 Å². The second kappa shape index (κ2) is 14.3. The third kappa shape index (κ3) is 7.28. The Bertz CT molecular complexity index is 2460. The van der Waals surface area contributed by atoms with Gasteiger partial charge in [0.1, 0.15) is 0 Å². The van der Waals surface area contributed by atoms with Gasteiger partial charge in [-0.15, -0.1) is 53.6 Å². The zero-order chi connectivity index (χ0) is 35.2. The van der Waals surface area contributed by atoms with Crippen molar-refractivity contribution in [3.63, 3.8) is 0 Å². The Morgan fingerprint density at radius 3 is 2.14 bits per heavy atom. The summed E-state index contributed by atoms with van der Waals surface area (Å²) in [5, 5.41) is 4.62. The summed E-state index contributed by atoms with van der Waals surface area (Å²) in [7, 11) is 0. The van der Waals surface area contributed by atoms with E-state index in [2.05, 4.69) is 118 Å². The summed E-state index contributed by atoms with van der Waals surface area (Å²) in [6.45, 7) is 17.2. The summed E-state index contributed by atoms with van der Waals surface area (Å²) < 4.78 is 6.25. The molecule has 8 aromatic rings. The minimum absolute atomic E-state index is 0. The smallest absolute Gasteiger partial charge is 0.216 e. The molecule has 0 N–H and O–H groups in total. The Labute approximate surface area is 314 Å². The van der Waals surface area contributed by atoms with Gasteiger partial charge in [0.15, 0.2) is 0 Å². The van der Waals surface area contributed by atoms with Crippen LogP contribution >= 0.6 is 0 Å². The van der Waals surface area contributed by atoms with Crippen molar-refractivity contribution in [2.24, 2.45) is 0 Å². The van der Waals surface area contributed by atoms with Crippen LogP contribution in [0, 0.1) is 46.8 Å². The summed E-state index contributed by atoms with van der Waals surface area (Å²) in [6.07, 6.45) is 3.84. The molecule has 0 bridgehead atoms. The standard InChI is InChI=1S/C33H29N2O.C13H12N.Ir/c1-19-15-28-22(9-7-10-23(28)29(16-19)33(4,5)6)27-17-30(34-18-20(27)2)26-12-8-11-24-25-14-13-21(3)35-32(25)36-31(24)26;1-10-3-6-12(7-4-10)13-8-5-11(2)9-14-13;/h7-11,13-18H,1-6H3;3-6,8-9H,1-2H3;/q2*-1;. The van der Waals surface area contributed by atoms with Crippen LogP contribution in [0.2, 0.25) is 0 Å². The third-order valence-corrected chi connectivity index (χ3v) is 9.19. The first-order valence-electron chi connectivity index (χ1n) is 17.1. The van der Waals surface area contributed by atoms with Crippen LogP contribution in [0.4, 0.5) is 0 Å². The van der Waals surface area contributed by atoms with Gasteiger partial charge in [-0.3, -0.25) is 0 Å². The molecule has 0 saturated heterocycles. The molecule has 0 saturated carbocycles. The van der Waals surface area contributed by atoms with E-state index < -0.39 is 0 Å². The summed E-state index contributed by atoms with van der Waals surface area (Å²) in [5.41, 5.74) is 14.7. The number of hydrogen-bond acceptors (Lipinski definition) is 4. The molecule has 4 nitrogen and oxygen atoms in total. The molecule has 0 spiro atoms. The van der Waals surface area contributed by atoms with Crippen LogP contribution in [0.5, 0.6) is 0 Å². The van der Waals surface area contributed by atoms with Crippen LogP contribution in [0.3, 0.4) is 0 Å². The van der Waals surface area contributed by atoms with Crippen LogP contribution < -0.4 is 0 Å². The van der Waals surface area contributed by atoms with Gasteiger partial charge in [-0.25, -0.2) is 4.98 Å². The Balaban J connectivity index is 0.000000251. The summed E-state index contributed by atoms with van der Waals surface area (Å²) in [5.74, 6) is 0. The fourth-order valence-corrected chi connectivity index (χ4v) is 6.53. The average molecular weight is 844 g/mol. The van der Waals surface area contributed by atoms with E-state index in [9.17, 15) is 0 Å². The minimum Gasteiger partial charge on any atom is -0.486 e. The van der Waals surface area contributed by atoms with Crippen molar-refractivity contribution in [3.05, 3.63) is 149 Å². The Morgan fingerprint density at radius 2 is 1.41 bits per heavy atom. The van der Waals surface area contributed by atoms with Gasteiger partial charge < -0.3 is 14.4 Å². The Hall–Kier alpha value is -4.96. The monoisotopic (exact) mass is 844 g/mol. The van der Waals surface area contributed by atoms with Crippen molar-refractivity contribution in [1.82, 2.24) is 15.0 Å². The van der Waals surface area contributed by atoms with Crippen molar-refractivity contribution in [2.75, 3.05) is 0 Å². The molecule has 4 aromatic carbocycles. The first kappa shape index (κ1) is 35.9. The molecule has 0 fully saturated rings. The minimum atomic E-state index is 0. The summed E-state index contributed by atoms with van der Waals surface area (Å²) in [4.78, 5) is 13.8. The van der Waals surface area contributed by atoms with E-state index in [1.165, 1.54) is 44.2 Å². The van der Waals surface area contributed by atoms with Crippen molar-refractivity contribution in [1.29, 1.82) is 0 Å². The van der Waals surface area contributed by atoms with Crippen molar-refractivity contribution in [2.45, 2.75) is 60.8 Å². The van der Waals surface area contributed by atoms with E-state index in [1.54, 1.807) is 0 Å². The SMILES string of the molecule is Cc1c[c-]c(-c2ccc(C)cn2)cc1.Cc1cc(C(C)(C)C)c2cccc(-c3cc(-c4[c-]ccc5c4oc4nc(C)ccc45)ncc3C)c2c1.[Ir]. The van der Waals surface area contributed by atoms with E-state index in [1.807, 2.05) is 62.6 Å². The molecule has 4 aromatic heterocycles. The predicted octanol–water partition coefficient (Wildman–Crippen LogP) is 12.0. The number of hydrogen-bond donors (Lipinski definition) is 0. The van der Waals surface area contributed by atoms with E-state index in [0.717, 1.165) is 50.1 Å². The number of fused-ring (bicyclic) bond motifs is 4. The molecular formula is C46H41IrN3O-2. The number of aryl methyl sites for hydroxylation is 5. The van der Waals surface area contributed by atoms with Gasteiger partial charge in [0.2, 0.25) is 5.71 Å². The van der Waals surface area contributed by atoms with Crippen molar-refractivity contribution >= 4 is 32.8 Å². The number of benzene rings is 4. The van der Waals surface area contributed by atoms with Gasteiger partial charge in [-0.2, -0.15) is 0 Å². The molecule has 0 unspecified atom stereocenters. The molecule has 8 rings (SSSR count). The zero-order valence-electron chi connectivity index (χ0n) is 30.4. The molecule has 0 aliphatic rings. The van der Waals surface area contributed by atoms with Crippen molar-refractivity contribution in [3.8, 4) is 33.6 Å². The van der Waals surface area contributed by atoms with Crippen LogP contribution in [-0.4, -0.2) is 15.0 Å².